The predicted molar refractivity (Wildman–Crippen MR) is 166 cm³/mol. The number of benzene rings is 3. The van der Waals surface area contributed by atoms with Crippen LogP contribution in [0.4, 0.5) is 5.69 Å². The second-order valence-corrected chi connectivity index (χ2v) is 11.5. The maximum absolute atomic E-state index is 10.5. The molecule has 0 spiro atoms. The Morgan fingerprint density at radius 3 is 2.51 bits per heavy atom. The number of nitrogens with zero attached hydrogens (tertiary/aromatic N) is 3. The summed E-state index contributed by atoms with van der Waals surface area (Å²) in [6.07, 6.45) is 2.07. The zero-order valence-electron chi connectivity index (χ0n) is 23.6. The number of rotatable bonds is 9. The van der Waals surface area contributed by atoms with Crippen LogP contribution < -0.4 is 15.5 Å². The van der Waals surface area contributed by atoms with Crippen molar-refractivity contribution in [2.24, 2.45) is 0 Å². The highest BCUT2D eigenvalue weighted by Gasteiger charge is 2.34. The van der Waals surface area contributed by atoms with Crippen LogP contribution in [0.1, 0.15) is 41.8 Å². The zero-order chi connectivity index (χ0) is 28.3. The fourth-order valence-electron chi connectivity index (χ4n) is 6.21. The first-order valence-corrected chi connectivity index (χ1v) is 15.0. The molecule has 2 aliphatic heterocycles. The molecule has 2 atom stereocenters. The molecule has 3 heterocycles. The van der Waals surface area contributed by atoms with Gasteiger partial charge in [0.25, 0.3) is 0 Å². The number of aromatic nitrogens is 1. The van der Waals surface area contributed by atoms with Gasteiger partial charge in [0.1, 0.15) is 5.75 Å². The number of nitrogens with two attached hydrogens (primary N) is 1. The van der Waals surface area contributed by atoms with Crippen molar-refractivity contribution in [1.82, 2.24) is 9.58 Å². The summed E-state index contributed by atoms with van der Waals surface area (Å²) in [4.78, 5) is 4.69. The van der Waals surface area contributed by atoms with Crippen LogP contribution in [0, 0.1) is 0 Å². The number of hydrogen-bond acceptors (Lipinski definition) is 6. The van der Waals surface area contributed by atoms with Gasteiger partial charge in [0.2, 0.25) is 0 Å². The van der Waals surface area contributed by atoms with E-state index in [4.69, 9.17) is 26.9 Å². The van der Waals surface area contributed by atoms with Crippen LogP contribution in [0.15, 0.2) is 66.7 Å². The molecule has 0 bridgehead atoms. The first-order chi connectivity index (χ1) is 20.0. The van der Waals surface area contributed by atoms with Crippen molar-refractivity contribution in [2.45, 2.75) is 38.3 Å². The summed E-state index contributed by atoms with van der Waals surface area (Å²) in [6, 6.07) is 23.1. The van der Waals surface area contributed by atoms with E-state index in [2.05, 4.69) is 53.1 Å². The molecular formula is C33H39ClN4O3. The lowest BCUT2D eigenvalue weighted by Gasteiger charge is -2.38. The standard InChI is InChI=1S/C33H39ClN4O3/c1-2-23-3-8-26(9-4-23)37-15-13-29-30-21-25(34)7-12-31(30)38(35)33(29)32(37)24-5-10-28(11-6-24)41-18-14-27(39)22-36-16-19-40-20-17-36/h3-12,21,27,32,39H,2,13-20,22,35H2,1H3. The number of fused-ring (bicyclic) bond motifs is 3. The van der Waals surface area contributed by atoms with Gasteiger partial charge in [-0.25, -0.2) is 0 Å². The Hall–Kier alpha value is -3.23. The SMILES string of the molecule is CCc1ccc(N2CCc3c(n(N)c4ccc(Cl)cc34)C2c2ccc(OCCC(O)CN3CCOCC3)cc2)cc1. The molecule has 0 aliphatic carbocycles. The van der Waals surface area contributed by atoms with E-state index in [0.717, 1.165) is 78.6 Å². The smallest absolute Gasteiger partial charge is 0.119 e. The van der Waals surface area contributed by atoms with E-state index >= 15 is 0 Å². The number of aliphatic hydroxyl groups is 1. The molecule has 3 N–H and O–H groups in total. The third-order valence-electron chi connectivity index (χ3n) is 8.45. The van der Waals surface area contributed by atoms with Gasteiger partial charge in [-0.05, 0) is 72.0 Å². The monoisotopic (exact) mass is 574 g/mol. The van der Waals surface area contributed by atoms with Gasteiger partial charge < -0.3 is 25.3 Å². The average molecular weight is 575 g/mol. The molecule has 41 heavy (non-hydrogen) atoms. The van der Waals surface area contributed by atoms with E-state index in [1.165, 1.54) is 16.8 Å². The third kappa shape index (κ3) is 5.90. The van der Waals surface area contributed by atoms with E-state index in [1.807, 2.05) is 35.0 Å². The third-order valence-corrected chi connectivity index (χ3v) is 8.68. The Labute approximate surface area is 247 Å². The first kappa shape index (κ1) is 27.9. The van der Waals surface area contributed by atoms with Crippen LogP contribution in [0.25, 0.3) is 10.9 Å². The number of morpholine rings is 1. The van der Waals surface area contributed by atoms with Gasteiger partial charge in [-0.1, -0.05) is 42.8 Å². The normalized spacial score (nSPS) is 18.4. The van der Waals surface area contributed by atoms with Crippen molar-refractivity contribution in [1.29, 1.82) is 0 Å². The summed E-state index contributed by atoms with van der Waals surface area (Å²) in [5.74, 6) is 7.60. The fraction of sp³-hybridized carbons (Fsp3) is 0.394. The lowest BCUT2D eigenvalue weighted by Crippen LogP contribution is -2.41. The molecule has 7 nitrogen and oxygen atoms in total. The van der Waals surface area contributed by atoms with Crippen molar-refractivity contribution in [3.8, 4) is 5.75 Å². The zero-order valence-corrected chi connectivity index (χ0v) is 24.4. The highest BCUT2D eigenvalue weighted by Crippen LogP contribution is 2.42. The number of halogens is 1. The van der Waals surface area contributed by atoms with Gasteiger partial charge in [-0.2, -0.15) is 0 Å². The van der Waals surface area contributed by atoms with Gasteiger partial charge in [0, 0.05) is 48.7 Å². The van der Waals surface area contributed by atoms with Crippen LogP contribution in [0.2, 0.25) is 5.02 Å². The Balaban J connectivity index is 1.24. The molecule has 8 heteroatoms. The Bertz CT molecular complexity index is 1460. The Morgan fingerprint density at radius 1 is 1.02 bits per heavy atom. The maximum atomic E-state index is 10.5. The minimum Gasteiger partial charge on any atom is -0.493 e. The summed E-state index contributed by atoms with van der Waals surface area (Å²) in [5, 5.41) is 12.3. The number of β-amino-alcohol motifs (C(OH)–C–C–N with tert-alkyl or cyclic N) is 1. The second-order valence-electron chi connectivity index (χ2n) is 11.0. The molecule has 216 valence electrons. The molecule has 0 saturated carbocycles. The molecular weight excluding hydrogens is 536 g/mol. The number of aryl methyl sites for hydroxylation is 1. The molecule has 2 unspecified atom stereocenters. The minimum atomic E-state index is -0.416. The lowest BCUT2D eigenvalue weighted by atomic mass is 9.91. The predicted octanol–water partition coefficient (Wildman–Crippen LogP) is 5.19. The highest BCUT2D eigenvalue weighted by atomic mass is 35.5. The molecule has 2 aliphatic rings. The van der Waals surface area contributed by atoms with E-state index in [1.54, 1.807) is 0 Å². The topological polar surface area (TPSA) is 76.1 Å². The molecule has 1 saturated heterocycles. The second kappa shape index (κ2) is 12.3. The summed E-state index contributed by atoms with van der Waals surface area (Å²) < 4.78 is 13.3. The van der Waals surface area contributed by atoms with E-state index in [-0.39, 0.29) is 6.04 Å². The van der Waals surface area contributed by atoms with Gasteiger partial charge in [-0.15, -0.1) is 0 Å². The molecule has 6 rings (SSSR count). The van der Waals surface area contributed by atoms with Crippen molar-refractivity contribution in [2.75, 3.05) is 56.7 Å². The van der Waals surface area contributed by atoms with E-state index in [0.29, 0.717) is 19.6 Å². The van der Waals surface area contributed by atoms with Crippen LogP contribution in [0.3, 0.4) is 0 Å². The molecule has 1 aromatic heterocycles. The van der Waals surface area contributed by atoms with Crippen LogP contribution in [-0.2, 0) is 17.6 Å². The number of nitrogen functional groups attached to an aromatic ring is 1. The maximum Gasteiger partial charge on any atom is 0.119 e. The summed E-state index contributed by atoms with van der Waals surface area (Å²) in [5.41, 5.74) is 6.98. The molecule has 1 fully saturated rings. The van der Waals surface area contributed by atoms with E-state index in [9.17, 15) is 5.11 Å². The van der Waals surface area contributed by atoms with Gasteiger partial charge in [0.15, 0.2) is 0 Å². The van der Waals surface area contributed by atoms with Crippen molar-refractivity contribution < 1.29 is 14.6 Å². The van der Waals surface area contributed by atoms with Crippen LogP contribution >= 0.6 is 11.6 Å². The summed E-state index contributed by atoms with van der Waals surface area (Å²) in [7, 11) is 0. The quantitative estimate of drug-likeness (QED) is 0.268. The number of anilines is 1. The van der Waals surface area contributed by atoms with Crippen molar-refractivity contribution in [3.63, 3.8) is 0 Å². The Kier molecular flexibility index (Phi) is 8.40. The average Bonchev–Trinajstić information content (AvgIpc) is 3.28. The largest absolute Gasteiger partial charge is 0.493 e. The van der Waals surface area contributed by atoms with Gasteiger partial charge >= 0.3 is 0 Å². The highest BCUT2D eigenvalue weighted by molar-refractivity contribution is 6.31. The summed E-state index contributed by atoms with van der Waals surface area (Å²) >= 11 is 6.41. The number of aliphatic hydroxyl groups excluding tert-OH is 1. The summed E-state index contributed by atoms with van der Waals surface area (Å²) in [6.45, 7) is 7.38. The number of ether oxygens (including phenoxy) is 2. The number of hydrogen-bond donors (Lipinski definition) is 2. The van der Waals surface area contributed by atoms with Crippen LogP contribution in [0.5, 0.6) is 5.75 Å². The van der Waals surface area contributed by atoms with Crippen LogP contribution in [-0.4, -0.2) is 66.8 Å². The minimum absolute atomic E-state index is 0.0632. The van der Waals surface area contributed by atoms with Gasteiger partial charge in [0.05, 0.1) is 43.2 Å². The van der Waals surface area contributed by atoms with Crippen molar-refractivity contribution >= 4 is 28.2 Å². The Morgan fingerprint density at radius 2 is 1.78 bits per heavy atom. The van der Waals surface area contributed by atoms with Crippen molar-refractivity contribution in [3.05, 3.63) is 94.1 Å². The molecule has 4 aromatic rings. The molecule has 3 aromatic carbocycles. The van der Waals surface area contributed by atoms with Gasteiger partial charge in [-0.3, -0.25) is 9.58 Å². The molecule has 0 amide bonds. The lowest BCUT2D eigenvalue weighted by molar-refractivity contribution is 0.0108. The molecule has 0 radical (unpaired) electrons. The first-order valence-electron chi connectivity index (χ1n) is 14.7. The fourth-order valence-corrected chi connectivity index (χ4v) is 6.39. The van der Waals surface area contributed by atoms with E-state index < -0.39 is 6.10 Å².